The Morgan fingerprint density at radius 1 is 1.30 bits per heavy atom. The minimum Gasteiger partial charge on any atom is -0.316 e. The average molecular weight is 276 g/mol. The summed E-state index contributed by atoms with van der Waals surface area (Å²) in [6, 6.07) is 7.44. The highest BCUT2D eigenvalue weighted by molar-refractivity contribution is 5.40. The quantitative estimate of drug-likeness (QED) is 0.661. The molecule has 0 heterocycles. The average Bonchev–Trinajstić information content (AvgIpc) is 2.46. The molecule has 2 rings (SSSR count). The molecule has 1 unspecified atom stereocenters. The second kappa shape index (κ2) is 6.84. The van der Waals surface area contributed by atoms with Crippen LogP contribution in [0.4, 0.5) is 5.69 Å². The van der Waals surface area contributed by atoms with Crippen LogP contribution in [0.2, 0.25) is 0 Å². The monoisotopic (exact) mass is 276 g/mol. The van der Waals surface area contributed by atoms with Crippen molar-refractivity contribution in [3.8, 4) is 0 Å². The van der Waals surface area contributed by atoms with Crippen molar-refractivity contribution in [1.29, 1.82) is 0 Å². The molecule has 0 saturated heterocycles. The minimum absolute atomic E-state index is 0.247. The van der Waals surface area contributed by atoms with Crippen molar-refractivity contribution in [3.63, 3.8) is 0 Å². The Kier molecular flexibility index (Phi) is 5.12. The lowest BCUT2D eigenvalue weighted by molar-refractivity contribution is -0.385. The predicted octanol–water partition coefficient (Wildman–Crippen LogP) is 3.55. The fourth-order valence-corrected chi connectivity index (χ4v) is 3.29. The van der Waals surface area contributed by atoms with Gasteiger partial charge in [-0.3, -0.25) is 10.1 Å². The number of nitro groups is 1. The zero-order chi connectivity index (χ0) is 14.5. The van der Waals surface area contributed by atoms with E-state index in [0.29, 0.717) is 12.0 Å². The second-order valence-corrected chi connectivity index (χ2v) is 6.01. The van der Waals surface area contributed by atoms with Gasteiger partial charge in [0.05, 0.1) is 4.92 Å². The van der Waals surface area contributed by atoms with Crippen LogP contribution in [0.15, 0.2) is 24.3 Å². The Hall–Kier alpha value is -1.42. The molecule has 20 heavy (non-hydrogen) atoms. The highest BCUT2D eigenvalue weighted by Gasteiger charge is 2.27. The van der Waals surface area contributed by atoms with E-state index in [1.165, 1.54) is 25.7 Å². The lowest BCUT2D eigenvalue weighted by atomic mass is 9.77. The van der Waals surface area contributed by atoms with E-state index in [0.717, 1.165) is 17.9 Å². The van der Waals surface area contributed by atoms with Crippen molar-refractivity contribution in [3.05, 3.63) is 39.9 Å². The Morgan fingerprint density at radius 3 is 2.55 bits per heavy atom. The summed E-state index contributed by atoms with van der Waals surface area (Å²) < 4.78 is 0. The van der Waals surface area contributed by atoms with Gasteiger partial charge in [-0.25, -0.2) is 0 Å². The van der Waals surface area contributed by atoms with Crippen LogP contribution in [0.3, 0.4) is 0 Å². The third-order valence-corrected chi connectivity index (χ3v) is 4.63. The molecule has 1 aliphatic rings. The topological polar surface area (TPSA) is 55.2 Å². The molecule has 1 aromatic rings. The molecule has 1 fully saturated rings. The minimum atomic E-state index is -0.273. The number of para-hydroxylation sites is 1. The predicted molar refractivity (Wildman–Crippen MR) is 80.8 cm³/mol. The molecule has 1 atom stereocenters. The third-order valence-electron chi connectivity index (χ3n) is 4.63. The van der Waals surface area contributed by atoms with E-state index >= 15 is 0 Å². The molecule has 4 heteroatoms. The summed E-state index contributed by atoms with van der Waals surface area (Å²) in [5, 5.41) is 14.5. The van der Waals surface area contributed by atoms with E-state index in [-0.39, 0.29) is 10.6 Å². The van der Waals surface area contributed by atoms with Gasteiger partial charge in [0.15, 0.2) is 0 Å². The van der Waals surface area contributed by atoms with Crippen molar-refractivity contribution in [2.24, 2.45) is 11.8 Å². The van der Waals surface area contributed by atoms with Crippen LogP contribution in [0, 0.1) is 22.0 Å². The molecule has 0 radical (unpaired) electrons. The van der Waals surface area contributed by atoms with Crippen molar-refractivity contribution in [1.82, 2.24) is 5.32 Å². The maximum absolute atomic E-state index is 11.1. The van der Waals surface area contributed by atoms with Crippen LogP contribution in [-0.4, -0.2) is 18.0 Å². The Balaban J connectivity index is 2.08. The van der Waals surface area contributed by atoms with E-state index < -0.39 is 0 Å². The van der Waals surface area contributed by atoms with Gasteiger partial charge in [-0.15, -0.1) is 0 Å². The van der Waals surface area contributed by atoms with Crippen molar-refractivity contribution < 1.29 is 4.92 Å². The molecule has 1 aliphatic carbocycles. The van der Waals surface area contributed by atoms with Gasteiger partial charge < -0.3 is 5.32 Å². The maximum atomic E-state index is 11.1. The van der Waals surface area contributed by atoms with Gasteiger partial charge >= 0.3 is 0 Å². The van der Waals surface area contributed by atoms with E-state index in [9.17, 15) is 10.1 Å². The van der Waals surface area contributed by atoms with E-state index in [1.54, 1.807) is 12.1 Å². The number of rotatable bonds is 5. The highest BCUT2D eigenvalue weighted by atomic mass is 16.6. The first-order valence-electron chi connectivity index (χ1n) is 7.51. The van der Waals surface area contributed by atoms with Gasteiger partial charge in [0.2, 0.25) is 0 Å². The van der Waals surface area contributed by atoms with Gasteiger partial charge in [-0.1, -0.05) is 38.0 Å². The van der Waals surface area contributed by atoms with Gasteiger partial charge in [0.25, 0.3) is 5.69 Å². The summed E-state index contributed by atoms with van der Waals surface area (Å²) in [7, 11) is 1.97. The lowest BCUT2D eigenvalue weighted by Crippen LogP contribution is -2.37. The Bertz CT molecular complexity index is 454. The number of nitrogens with one attached hydrogen (secondary N) is 1. The lowest BCUT2D eigenvalue weighted by Gasteiger charge is -2.32. The van der Waals surface area contributed by atoms with Gasteiger partial charge in [0, 0.05) is 17.7 Å². The van der Waals surface area contributed by atoms with Gasteiger partial charge in [-0.05, 0) is 38.1 Å². The Morgan fingerprint density at radius 2 is 1.95 bits per heavy atom. The fraction of sp³-hybridized carbons (Fsp3) is 0.625. The summed E-state index contributed by atoms with van der Waals surface area (Å²) in [5.41, 5.74) is 1.09. The van der Waals surface area contributed by atoms with Crippen LogP contribution < -0.4 is 5.32 Å². The summed E-state index contributed by atoms with van der Waals surface area (Å²) >= 11 is 0. The van der Waals surface area contributed by atoms with Crippen molar-refractivity contribution in [2.75, 3.05) is 7.05 Å². The SMILES string of the molecule is CNC(Cc1ccccc1[N+](=O)[O-])C1CCC(C)CC1. The molecular formula is C16H24N2O2. The summed E-state index contributed by atoms with van der Waals surface area (Å²) in [6.07, 6.45) is 5.76. The summed E-state index contributed by atoms with van der Waals surface area (Å²) in [5.74, 6) is 1.46. The van der Waals surface area contributed by atoms with Crippen LogP contribution in [0.1, 0.15) is 38.2 Å². The number of nitrogens with zero attached hydrogens (tertiary/aromatic N) is 1. The molecule has 1 aromatic carbocycles. The number of hydrogen-bond donors (Lipinski definition) is 1. The molecular weight excluding hydrogens is 252 g/mol. The maximum Gasteiger partial charge on any atom is 0.272 e. The number of hydrogen-bond acceptors (Lipinski definition) is 3. The van der Waals surface area contributed by atoms with E-state index in [1.807, 2.05) is 19.2 Å². The molecule has 0 amide bonds. The first-order valence-corrected chi connectivity index (χ1v) is 7.51. The molecule has 0 spiro atoms. The highest BCUT2D eigenvalue weighted by Crippen LogP contribution is 2.32. The molecule has 110 valence electrons. The zero-order valence-electron chi connectivity index (χ0n) is 12.3. The normalized spacial score (nSPS) is 24.3. The second-order valence-electron chi connectivity index (χ2n) is 6.01. The van der Waals surface area contributed by atoms with Gasteiger partial charge in [-0.2, -0.15) is 0 Å². The first kappa shape index (κ1) is 15.0. The van der Waals surface area contributed by atoms with Crippen molar-refractivity contribution in [2.45, 2.75) is 45.1 Å². The molecule has 0 bridgehead atoms. The standard InChI is InChI=1S/C16H24N2O2/c1-12-7-9-13(10-8-12)15(17-2)11-14-5-3-4-6-16(14)18(19)20/h3-6,12-13,15,17H,7-11H2,1-2H3. The smallest absolute Gasteiger partial charge is 0.272 e. The summed E-state index contributed by atoms with van der Waals surface area (Å²) in [4.78, 5) is 10.8. The zero-order valence-corrected chi connectivity index (χ0v) is 12.3. The fourth-order valence-electron chi connectivity index (χ4n) is 3.29. The van der Waals surface area contributed by atoms with Crippen LogP contribution in [0.5, 0.6) is 0 Å². The summed E-state index contributed by atoms with van der Waals surface area (Å²) in [6.45, 7) is 2.31. The number of benzene rings is 1. The van der Waals surface area contributed by atoms with Gasteiger partial charge in [0.1, 0.15) is 0 Å². The number of nitro benzene ring substituents is 1. The molecule has 1 saturated carbocycles. The molecule has 0 aliphatic heterocycles. The first-order chi connectivity index (χ1) is 9.61. The molecule has 1 N–H and O–H groups in total. The largest absolute Gasteiger partial charge is 0.316 e. The molecule has 4 nitrogen and oxygen atoms in total. The van der Waals surface area contributed by atoms with Crippen LogP contribution in [0.25, 0.3) is 0 Å². The Labute approximate surface area is 120 Å². The molecule has 0 aromatic heterocycles. The third kappa shape index (κ3) is 3.57. The van der Waals surface area contributed by atoms with Crippen LogP contribution >= 0.6 is 0 Å². The number of likely N-dealkylation sites (N-methyl/N-ethyl adjacent to an activating group) is 1. The van der Waals surface area contributed by atoms with Crippen molar-refractivity contribution >= 4 is 5.69 Å². The van der Waals surface area contributed by atoms with E-state index in [2.05, 4.69) is 12.2 Å². The van der Waals surface area contributed by atoms with Crippen LogP contribution in [-0.2, 0) is 6.42 Å². The van der Waals surface area contributed by atoms with E-state index in [4.69, 9.17) is 0 Å².